The van der Waals surface area contributed by atoms with Gasteiger partial charge in [-0.3, -0.25) is 4.79 Å². The average molecular weight is 407 g/mol. The molecule has 1 aromatic heterocycles. The molecule has 2 aromatic carbocycles. The van der Waals surface area contributed by atoms with Crippen LogP contribution in [0.5, 0.6) is 0 Å². The van der Waals surface area contributed by atoms with E-state index in [1.807, 2.05) is 18.2 Å². The third kappa shape index (κ3) is 4.89. The van der Waals surface area contributed by atoms with Crippen molar-refractivity contribution in [3.63, 3.8) is 0 Å². The van der Waals surface area contributed by atoms with Crippen LogP contribution in [0, 0.1) is 0 Å². The number of nitrogens with zero attached hydrogens (tertiary/aromatic N) is 4. The summed E-state index contributed by atoms with van der Waals surface area (Å²) in [5.74, 6) is -0.692. The quantitative estimate of drug-likeness (QED) is 0.554. The Kier molecular flexibility index (Phi) is 5.82. The van der Waals surface area contributed by atoms with E-state index in [-0.39, 0.29) is 23.7 Å². The Morgan fingerprint density at radius 2 is 1.78 bits per heavy atom. The molecule has 0 saturated heterocycles. The number of halogens is 1. The van der Waals surface area contributed by atoms with Crippen LogP contribution in [-0.2, 0) is 26.0 Å². The van der Waals surface area contributed by atoms with Crippen molar-refractivity contribution in [1.29, 1.82) is 0 Å². The molecule has 140 valence electrons. The largest absolute Gasteiger partial charge is 0.457 e. The van der Waals surface area contributed by atoms with Gasteiger partial charge in [-0.1, -0.05) is 29.8 Å². The van der Waals surface area contributed by atoms with Gasteiger partial charge in [0.15, 0.2) is 22.3 Å². The molecule has 0 amide bonds. The van der Waals surface area contributed by atoms with Crippen molar-refractivity contribution in [2.24, 2.45) is 0 Å². The highest BCUT2D eigenvalue weighted by atomic mass is 35.5. The smallest absolute Gasteiger partial charge is 0.307 e. The fraction of sp³-hybridized carbons (Fsp3) is 0.176. The lowest BCUT2D eigenvalue weighted by atomic mass is 10.3. The van der Waals surface area contributed by atoms with Gasteiger partial charge in [-0.25, -0.2) is 8.42 Å². The van der Waals surface area contributed by atoms with Crippen LogP contribution >= 0.6 is 11.6 Å². The van der Waals surface area contributed by atoms with Gasteiger partial charge >= 0.3 is 5.97 Å². The number of tetrazole rings is 1. The minimum atomic E-state index is -3.60. The van der Waals surface area contributed by atoms with Crippen LogP contribution in [0.15, 0.2) is 59.5 Å². The highest BCUT2D eigenvalue weighted by Crippen LogP contribution is 2.16. The van der Waals surface area contributed by atoms with Crippen LogP contribution in [-0.4, -0.2) is 40.3 Å². The van der Waals surface area contributed by atoms with Crippen LogP contribution in [0.25, 0.3) is 5.69 Å². The number of rotatable bonds is 7. The van der Waals surface area contributed by atoms with E-state index in [0.29, 0.717) is 10.8 Å². The van der Waals surface area contributed by atoms with E-state index in [1.165, 1.54) is 28.9 Å². The Labute approximate surface area is 160 Å². The van der Waals surface area contributed by atoms with Crippen LogP contribution in [0.3, 0.4) is 0 Å². The Hall–Kier alpha value is -2.78. The number of esters is 1. The van der Waals surface area contributed by atoms with Gasteiger partial charge in [-0.2, -0.15) is 4.68 Å². The molecule has 3 aromatic rings. The molecule has 0 aliphatic rings. The van der Waals surface area contributed by atoms with Crippen molar-refractivity contribution in [2.45, 2.75) is 17.9 Å². The second-order valence-electron chi connectivity index (χ2n) is 5.53. The molecule has 0 spiro atoms. The predicted molar refractivity (Wildman–Crippen MR) is 97.1 cm³/mol. The fourth-order valence-electron chi connectivity index (χ4n) is 2.26. The molecule has 0 bridgehead atoms. The Bertz CT molecular complexity index is 1020. The normalized spacial score (nSPS) is 11.3. The standard InChI is InChI=1S/C17H15ClN4O4S/c18-13-6-8-15(9-7-13)27(24,25)11-10-17(23)26-12-16-19-20-21-22(16)14-4-2-1-3-5-14/h1-9H,10-12H2. The molecular formula is C17H15ClN4O4S. The highest BCUT2D eigenvalue weighted by Gasteiger charge is 2.18. The van der Waals surface area contributed by atoms with Crippen molar-refractivity contribution in [3.05, 3.63) is 65.4 Å². The molecule has 0 unspecified atom stereocenters. The predicted octanol–water partition coefficient (Wildman–Crippen LogP) is 2.22. The maximum absolute atomic E-state index is 12.2. The van der Waals surface area contributed by atoms with Crippen LogP contribution in [0.2, 0.25) is 5.02 Å². The van der Waals surface area contributed by atoms with Crippen molar-refractivity contribution >= 4 is 27.4 Å². The third-order valence-electron chi connectivity index (χ3n) is 3.64. The number of aromatic nitrogens is 4. The molecule has 0 radical (unpaired) electrons. The van der Waals surface area contributed by atoms with Gasteiger partial charge in [0, 0.05) is 5.02 Å². The summed E-state index contributed by atoms with van der Waals surface area (Å²) in [6.07, 6.45) is -0.280. The number of benzene rings is 2. The molecule has 0 fully saturated rings. The lowest BCUT2D eigenvalue weighted by Gasteiger charge is -2.07. The molecule has 0 atom stereocenters. The summed E-state index contributed by atoms with van der Waals surface area (Å²) in [7, 11) is -3.60. The molecule has 1 heterocycles. The summed E-state index contributed by atoms with van der Waals surface area (Å²) in [6, 6.07) is 14.9. The summed E-state index contributed by atoms with van der Waals surface area (Å²) in [6.45, 7) is -0.165. The summed E-state index contributed by atoms with van der Waals surface area (Å²) in [4.78, 5) is 12.0. The third-order valence-corrected chi connectivity index (χ3v) is 5.63. The molecule has 27 heavy (non-hydrogen) atoms. The van der Waals surface area contributed by atoms with Crippen LogP contribution < -0.4 is 0 Å². The summed E-state index contributed by atoms with van der Waals surface area (Å²) < 4.78 is 31.0. The SMILES string of the molecule is O=C(CCS(=O)(=O)c1ccc(Cl)cc1)OCc1nnnn1-c1ccccc1. The Morgan fingerprint density at radius 3 is 2.48 bits per heavy atom. The van der Waals surface area contributed by atoms with E-state index >= 15 is 0 Å². The van der Waals surface area contributed by atoms with Gasteiger partial charge in [0.05, 0.1) is 22.8 Å². The number of carbonyl (C=O) groups is 1. The van der Waals surface area contributed by atoms with Crippen molar-refractivity contribution in [1.82, 2.24) is 20.2 Å². The molecule has 0 aliphatic heterocycles. The Morgan fingerprint density at radius 1 is 1.07 bits per heavy atom. The second-order valence-corrected chi connectivity index (χ2v) is 8.07. The zero-order chi connectivity index (χ0) is 19.3. The zero-order valence-electron chi connectivity index (χ0n) is 14.0. The highest BCUT2D eigenvalue weighted by molar-refractivity contribution is 7.91. The van der Waals surface area contributed by atoms with Crippen LogP contribution in [0.4, 0.5) is 0 Å². The van der Waals surface area contributed by atoms with Gasteiger partial charge in [-0.05, 0) is 46.8 Å². The topological polar surface area (TPSA) is 104 Å². The average Bonchev–Trinajstić information content (AvgIpc) is 3.14. The first kappa shape index (κ1) is 19.0. The molecule has 0 N–H and O–H groups in total. The summed E-state index contributed by atoms with van der Waals surface area (Å²) >= 11 is 5.75. The van der Waals surface area contributed by atoms with Gasteiger partial charge < -0.3 is 4.74 Å². The van der Waals surface area contributed by atoms with E-state index in [4.69, 9.17) is 16.3 Å². The Balaban J connectivity index is 1.57. The van der Waals surface area contributed by atoms with Crippen molar-refractivity contribution in [2.75, 3.05) is 5.75 Å². The minimum absolute atomic E-state index is 0.104. The zero-order valence-corrected chi connectivity index (χ0v) is 15.6. The van der Waals surface area contributed by atoms with Gasteiger partial charge in [0.1, 0.15) is 0 Å². The molecule has 0 saturated carbocycles. The van der Waals surface area contributed by atoms with E-state index < -0.39 is 15.8 Å². The molecule has 8 nitrogen and oxygen atoms in total. The lowest BCUT2D eigenvalue weighted by Crippen LogP contribution is -2.15. The number of ether oxygens (including phenoxy) is 1. The fourth-order valence-corrected chi connectivity index (χ4v) is 3.61. The van der Waals surface area contributed by atoms with Gasteiger partial charge in [0.2, 0.25) is 0 Å². The second kappa shape index (κ2) is 8.28. The maximum Gasteiger partial charge on any atom is 0.307 e. The van der Waals surface area contributed by atoms with E-state index in [2.05, 4.69) is 15.5 Å². The van der Waals surface area contributed by atoms with E-state index in [9.17, 15) is 13.2 Å². The van der Waals surface area contributed by atoms with E-state index in [0.717, 1.165) is 5.69 Å². The first-order chi connectivity index (χ1) is 13.0. The van der Waals surface area contributed by atoms with Crippen LogP contribution in [0.1, 0.15) is 12.2 Å². The van der Waals surface area contributed by atoms with Gasteiger partial charge in [-0.15, -0.1) is 5.10 Å². The lowest BCUT2D eigenvalue weighted by molar-refractivity contribution is -0.144. The van der Waals surface area contributed by atoms with Crippen molar-refractivity contribution < 1.29 is 17.9 Å². The molecule has 3 rings (SSSR count). The monoisotopic (exact) mass is 406 g/mol. The number of hydrogen-bond acceptors (Lipinski definition) is 7. The summed E-state index contributed by atoms with van der Waals surface area (Å²) in [5.41, 5.74) is 0.721. The number of sulfone groups is 1. The first-order valence-corrected chi connectivity index (χ1v) is 9.95. The number of para-hydroxylation sites is 1. The summed E-state index contributed by atoms with van der Waals surface area (Å²) in [5, 5.41) is 11.7. The molecule has 0 aliphatic carbocycles. The molecule has 10 heteroatoms. The maximum atomic E-state index is 12.2. The number of carbonyl (C=O) groups excluding carboxylic acids is 1. The first-order valence-electron chi connectivity index (χ1n) is 7.92. The molecular weight excluding hydrogens is 392 g/mol. The minimum Gasteiger partial charge on any atom is -0.457 e. The van der Waals surface area contributed by atoms with Gasteiger partial charge in [0.25, 0.3) is 0 Å². The van der Waals surface area contributed by atoms with Crippen molar-refractivity contribution in [3.8, 4) is 5.69 Å². The number of hydrogen-bond donors (Lipinski definition) is 0. The van der Waals surface area contributed by atoms with E-state index in [1.54, 1.807) is 12.1 Å².